The summed E-state index contributed by atoms with van der Waals surface area (Å²) in [6, 6.07) is 8.56. The highest BCUT2D eigenvalue weighted by Gasteiger charge is 2.22. The highest BCUT2D eigenvalue weighted by molar-refractivity contribution is 6.32. The number of esters is 1. The Morgan fingerprint density at radius 1 is 1.22 bits per heavy atom. The van der Waals surface area contributed by atoms with Gasteiger partial charge in [0.2, 0.25) is 5.76 Å². The zero-order valence-electron chi connectivity index (χ0n) is 13.9. The third-order valence-corrected chi connectivity index (χ3v) is 4.10. The quantitative estimate of drug-likeness (QED) is 0.523. The zero-order valence-corrected chi connectivity index (χ0v) is 15.4. The number of fused-ring (bicyclic) bond motifs is 1. The molecule has 0 aliphatic heterocycles. The van der Waals surface area contributed by atoms with Crippen molar-refractivity contribution < 1.29 is 18.7 Å². The molecular formula is C18H12Cl2N2O5. The van der Waals surface area contributed by atoms with Crippen molar-refractivity contribution in [2.75, 3.05) is 5.32 Å². The maximum Gasteiger partial charge on any atom is 0.375 e. The first kappa shape index (κ1) is 18.9. The largest absolute Gasteiger partial charge is 0.449 e. The summed E-state index contributed by atoms with van der Waals surface area (Å²) in [6.07, 6.45) is 0.302. The monoisotopic (exact) mass is 406 g/mol. The molecule has 0 saturated heterocycles. The van der Waals surface area contributed by atoms with Gasteiger partial charge in [-0.05, 0) is 37.3 Å². The molecule has 0 unspecified atom stereocenters. The van der Waals surface area contributed by atoms with Crippen molar-refractivity contribution in [3.8, 4) is 0 Å². The molecule has 3 rings (SSSR count). The van der Waals surface area contributed by atoms with Crippen LogP contribution in [0.15, 0.2) is 51.8 Å². The predicted molar refractivity (Wildman–Crippen MR) is 100 cm³/mol. The summed E-state index contributed by atoms with van der Waals surface area (Å²) in [5.74, 6) is -1.90. The molecule has 138 valence electrons. The Labute approximate surface area is 162 Å². The normalized spacial score (nSPS) is 11.8. The van der Waals surface area contributed by atoms with Gasteiger partial charge in [0, 0.05) is 17.3 Å². The molecular weight excluding hydrogens is 395 g/mol. The van der Waals surface area contributed by atoms with Gasteiger partial charge in [0.25, 0.3) is 5.91 Å². The van der Waals surface area contributed by atoms with Crippen LogP contribution in [-0.2, 0) is 9.53 Å². The number of anilines is 1. The Bertz CT molecular complexity index is 1100. The number of amides is 1. The van der Waals surface area contributed by atoms with Gasteiger partial charge < -0.3 is 14.5 Å². The Kier molecular flexibility index (Phi) is 5.43. The van der Waals surface area contributed by atoms with Gasteiger partial charge in [0.15, 0.2) is 16.7 Å². The number of carbonyl (C=O) groups excluding carboxylic acids is 2. The van der Waals surface area contributed by atoms with Gasteiger partial charge in [-0.2, -0.15) is 0 Å². The number of nitrogens with one attached hydrogen (secondary N) is 1. The fourth-order valence-electron chi connectivity index (χ4n) is 2.21. The average molecular weight is 407 g/mol. The molecule has 0 saturated carbocycles. The van der Waals surface area contributed by atoms with Crippen molar-refractivity contribution in [2.45, 2.75) is 13.0 Å². The standard InChI is InChI=1S/C18H12Cl2N2O5/c1-9(17(24)22-12-3-2-6-21-16(12)20)26-18(25)15-8-13(23)11-7-10(19)4-5-14(11)27-15/h2-9H,1H3,(H,22,24)/t9-/m1/s1. The van der Waals surface area contributed by atoms with E-state index in [4.69, 9.17) is 32.4 Å². The van der Waals surface area contributed by atoms with E-state index in [9.17, 15) is 14.4 Å². The van der Waals surface area contributed by atoms with Crippen LogP contribution in [0.2, 0.25) is 10.2 Å². The smallest absolute Gasteiger partial charge is 0.375 e. The molecule has 7 nitrogen and oxygen atoms in total. The van der Waals surface area contributed by atoms with Crippen LogP contribution in [0.1, 0.15) is 17.5 Å². The van der Waals surface area contributed by atoms with Crippen molar-refractivity contribution in [2.24, 2.45) is 0 Å². The molecule has 2 aromatic heterocycles. The topological polar surface area (TPSA) is 98.5 Å². The summed E-state index contributed by atoms with van der Waals surface area (Å²) < 4.78 is 10.4. The lowest BCUT2D eigenvalue weighted by Crippen LogP contribution is -2.30. The zero-order chi connectivity index (χ0) is 19.6. The second-order valence-electron chi connectivity index (χ2n) is 5.49. The lowest BCUT2D eigenvalue weighted by molar-refractivity contribution is -0.123. The molecule has 9 heteroatoms. The average Bonchev–Trinajstić information content (AvgIpc) is 2.63. The van der Waals surface area contributed by atoms with Gasteiger partial charge in [0.1, 0.15) is 5.58 Å². The van der Waals surface area contributed by atoms with Gasteiger partial charge in [-0.25, -0.2) is 9.78 Å². The van der Waals surface area contributed by atoms with E-state index in [0.717, 1.165) is 6.07 Å². The molecule has 1 aromatic carbocycles. The fourth-order valence-corrected chi connectivity index (χ4v) is 2.55. The number of hydrogen-bond donors (Lipinski definition) is 1. The van der Waals surface area contributed by atoms with Crippen molar-refractivity contribution >= 4 is 51.7 Å². The SMILES string of the molecule is C[C@@H](OC(=O)c1cc(=O)c2cc(Cl)ccc2o1)C(=O)Nc1cccnc1Cl. The number of ether oxygens (including phenoxy) is 1. The Morgan fingerprint density at radius 2 is 2.00 bits per heavy atom. The maximum absolute atomic E-state index is 12.2. The van der Waals surface area contributed by atoms with E-state index in [1.807, 2.05) is 0 Å². The van der Waals surface area contributed by atoms with E-state index in [2.05, 4.69) is 10.3 Å². The van der Waals surface area contributed by atoms with Crippen molar-refractivity contribution in [1.29, 1.82) is 0 Å². The second kappa shape index (κ2) is 7.77. The summed E-state index contributed by atoms with van der Waals surface area (Å²) in [4.78, 5) is 40.4. The van der Waals surface area contributed by atoms with E-state index in [1.165, 1.54) is 31.3 Å². The highest BCUT2D eigenvalue weighted by Crippen LogP contribution is 2.19. The molecule has 0 fully saturated rings. The first-order chi connectivity index (χ1) is 12.8. The van der Waals surface area contributed by atoms with Crippen LogP contribution >= 0.6 is 23.2 Å². The third kappa shape index (κ3) is 4.27. The Morgan fingerprint density at radius 3 is 2.74 bits per heavy atom. The van der Waals surface area contributed by atoms with E-state index in [-0.39, 0.29) is 27.6 Å². The van der Waals surface area contributed by atoms with Gasteiger partial charge in [-0.3, -0.25) is 9.59 Å². The molecule has 0 bridgehead atoms. The van der Waals surface area contributed by atoms with E-state index in [1.54, 1.807) is 12.1 Å². The fraction of sp³-hybridized carbons (Fsp3) is 0.111. The highest BCUT2D eigenvalue weighted by atomic mass is 35.5. The minimum Gasteiger partial charge on any atom is -0.449 e. The number of carbonyl (C=O) groups is 2. The van der Waals surface area contributed by atoms with Crippen LogP contribution in [0.5, 0.6) is 0 Å². The number of aromatic nitrogens is 1. The number of rotatable bonds is 4. The first-order valence-corrected chi connectivity index (χ1v) is 8.46. The third-order valence-electron chi connectivity index (χ3n) is 3.56. The predicted octanol–water partition coefficient (Wildman–Crippen LogP) is 3.68. The molecule has 0 aliphatic rings. The van der Waals surface area contributed by atoms with Crippen molar-refractivity contribution in [3.63, 3.8) is 0 Å². The molecule has 3 aromatic rings. The molecule has 2 heterocycles. The Hall–Kier alpha value is -2.90. The van der Waals surface area contributed by atoms with Crippen molar-refractivity contribution in [3.05, 3.63) is 68.8 Å². The molecule has 0 spiro atoms. The summed E-state index contributed by atoms with van der Waals surface area (Å²) >= 11 is 11.7. The van der Waals surface area contributed by atoms with E-state index in [0.29, 0.717) is 5.02 Å². The second-order valence-corrected chi connectivity index (χ2v) is 6.29. The minimum absolute atomic E-state index is 0.101. The van der Waals surface area contributed by atoms with Gasteiger partial charge >= 0.3 is 5.97 Å². The Balaban J connectivity index is 1.75. The van der Waals surface area contributed by atoms with Crippen LogP contribution < -0.4 is 10.7 Å². The first-order valence-electron chi connectivity index (χ1n) is 7.71. The van der Waals surface area contributed by atoms with E-state index < -0.39 is 23.4 Å². The van der Waals surface area contributed by atoms with E-state index >= 15 is 0 Å². The number of pyridine rings is 1. The van der Waals surface area contributed by atoms with Crippen LogP contribution in [0, 0.1) is 0 Å². The van der Waals surface area contributed by atoms with Crippen LogP contribution in [0.25, 0.3) is 11.0 Å². The van der Waals surface area contributed by atoms with Crippen LogP contribution in [0.3, 0.4) is 0 Å². The minimum atomic E-state index is -1.17. The lowest BCUT2D eigenvalue weighted by atomic mass is 10.2. The summed E-state index contributed by atoms with van der Waals surface area (Å²) in [6.45, 7) is 1.37. The number of nitrogens with zero attached hydrogens (tertiary/aromatic N) is 1. The maximum atomic E-state index is 12.2. The number of benzene rings is 1. The molecule has 0 aliphatic carbocycles. The van der Waals surface area contributed by atoms with Crippen LogP contribution in [0.4, 0.5) is 5.69 Å². The summed E-state index contributed by atoms with van der Waals surface area (Å²) in [5.41, 5.74) is 0.00391. The number of hydrogen-bond acceptors (Lipinski definition) is 6. The lowest BCUT2D eigenvalue weighted by Gasteiger charge is -2.13. The van der Waals surface area contributed by atoms with Crippen LogP contribution in [-0.4, -0.2) is 23.0 Å². The van der Waals surface area contributed by atoms with Gasteiger partial charge in [-0.1, -0.05) is 23.2 Å². The summed E-state index contributed by atoms with van der Waals surface area (Å²) in [5, 5.41) is 3.19. The summed E-state index contributed by atoms with van der Waals surface area (Å²) in [7, 11) is 0. The van der Waals surface area contributed by atoms with Crippen molar-refractivity contribution in [1.82, 2.24) is 4.98 Å². The molecule has 27 heavy (non-hydrogen) atoms. The molecule has 1 atom stereocenters. The number of halogens is 2. The van der Waals surface area contributed by atoms with Gasteiger partial charge in [-0.15, -0.1) is 0 Å². The van der Waals surface area contributed by atoms with Gasteiger partial charge in [0.05, 0.1) is 11.1 Å². The molecule has 1 amide bonds. The molecule has 0 radical (unpaired) electrons. The molecule has 1 N–H and O–H groups in total.